The van der Waals surface area contributed by atoms with Gasteiger partial charge >= 0.3 is 0 Å². The number of halogens is 2. The van der Waals surface area contributed by atoms with Crippen LogP contribution >= 0.6 is 0 Å². The van der Waals surface area contributed by atoms with Crippen molar-refractivity contribution in [3.05, 3.63) is 41.1 Å². The maximum Gasteiger partial charge on any atom is 0.151 e. The number of nitrogens with one attached hydrogen (secondary N) is 1. The Morgan fingerprint density at radius 1 is 1.27 bits per heavy atom. The molecule has 0 aliphatic carbocycles. The largest absolute Gasteiger partial charge is 0.370 e. The van der Waals surface area contributed by atoms with E-state index in [0.29, 0.717) is 11.6 Å². The van der Waals surface area contributed by atoms with Crippen molar-refractivity contribution in [1.29, 1.82) is 0 Å². The van der Waals surface area contributed by atoms with E-state index in [2.05, 4.69) is 24.3 Å². The van der Waals surface area contributed by atoms with Crippen molar-refractivity contribution in [2.24, 2.45) is 5.92 Å². The Hall–Kier alpha value is -1.91. The standard InChI is InChI=1S/C17H21F2N3/c1-11(2)9-15-13-5-3-4-8-20-17(13)22(21-15)16-7-6-12(18)10-14(16)19/h6-7,10-11,20H,3-5,8-9H2,1-2H3. The molecule has 22 heavy (non-hydrogen) atoms. The first-order valence-electron chi connectivity index (χ1n) is 7.86. The second-order valence-corrected chi connectivity index (χ2v) is 6.26. The molecule has 1 aromatic heterocycles. The quantitative estimate of drug-likeness (QED) is 0.925. The van der Waals surface area contributed by atoms with E-state index in [-0.39, 0.29) is 0 Å². The van der Waals surface area contributed by atoms with Gasteiger partial charge in [-0.3, -0.25) is 0 Å². The van der Waals surface area contributed by atoms with E-state index < -0.39 is 11.6 Å². The Bertz CT molecular complexity index is 677. The predicted molar refractivity (Wildman–Crippen MR) is 83.4 cm³/mol. The Morgan fingerprint density at radius 2 is 2.09 bits per heavy atom. The van der Waals surface area contributed by atoms with Crippen LogP contribution in [-0.2, 0) is 12.8 Å². The third-order valence-electron chi connectivity index (χ3n) is 3.95. The van der Waals surface area contributed by atoms with E-state index in [9.17, 15) is 8.78 Å². The van der Waals surface area contributed by atoms with Crippen molar-refractivity contribution >= 4 is 5.82 Å². The van der Waals surface area contributed by atoms with Crippen molar-refractivity contribution < 1.29 is 8.78 Å². The summed E-state index contributed by atoms with van der Waals surface area (Å²) in [7, 11) is 0. The van der Waals surface area contributed by atoms with E-state index in [1.807, 2.05) is 0 Å². The highest BCUT2D eigenvalue weighted by molar-refractivity contribution is 5.54. The number of nitrogens with zero attached hydrogens (tertiary/aromatic N) is 2. The number of rotatable bonds is 3. The molecule has 5 heteroatoms. The Labute approximate surface area is 129 Å². The first kappa shape index (κ1) is 15.0. The number of hydrogen-bond donors (Lipinski definition) is 1. The minimum absolute atomic E-state index is 0.294. The van der Waals surface area contributed by atoms with Gasteiger partial charge in [0.25, 0.3) is 0 Å². The van der Waals surface area contributed by atoms with Crippen LogP contribution in [0.3, 0.4) is 0 Å². The van der Waals surface area contributed by atoms with Crippen LogP contribution in [0.2, 0.25) is 0 Å². The lowest BCUT2D eigenvalue weighted by molar-refractivity contribution is 0.571. The van der Waals surface area contributed by atoms with Crippen molar-refractivity contribution in [3.63, 3.8) is 0 Å². The maximum absolute atomic E-state index is 14.2. The highest BCUT2D eigenvalue weighted by atomic mass is 19.1. The smallest absolute Gasteiger partial charge is 0.151 e. The average molecular weight is 305 g/mol. The molecule has 1 aliphatic rings. The van der Waals surface area contributed by atoms with Gasteiger partial charge in [0, 0.05) is 18.2 Å². The molecule has 0 atom stereocenters. The fourth-order valence-corrected chi connectivity index (χ4v) is 2.95. The molecular formula is C17H21F2N3. The van der Waals surface area contributed by atoms with Gasteiger partial charge in [-0.15, -0.1) is 0 Å². The van der Waals surface area contributed by atoms with E-state index in [1.54, 1.807) is 4.68 Å². The average Bonchev–Trinajstić information content (AvgIpc) is 2.63. The van der Waals surface area contributed by atoms with Gasteiger partial charge in [0.05, 0.1) is 5.69 Å². The molecule has 2 heterocycles. The lowest BCUT2D eigenvalue weighted by Crippen LogP contribution is -2.08. The van der Waals surface area contributed by atoms with Crippen LogP contribution in [0.5, 0.6) is 0 Å². The van der Waals surface area contributed by atoms with Crippen molar-refractivity contribution in [2.45, 2.75) is 39.5 Å². The SMILES string of the molecule is CC(C)Cc1nn(-c2ccc(F)cc2F)c2c1CCCCN2. The summed E-state index contributed by atoms with van der Waals surface area (Å²) in [6.45, 7) is 5.14. The second-order valence-electron chi connectivity index (χ2n) is 6.26. The summed E-state index contributed by atoms with van der Waals surface area (Å²) >= 11 is 0. The zero-order valence-electron chi connectivity index (χ0n) is 13.0. The molecule has 0 amide bonds. The Morgan fingerprint density at radius 3 is 2.82 bits per heavy atom. The number of benzene rings is 1. The first-order chi connectivity index (χ1) is 10.6. The molecule has 118 valence electrons. The topological polar surface area (TPSA) is 29.9 Å². The van der Waals surface area contributed by atoms with Crippen LogP contribution < -0.4 is 5.32 Å². The summed E-state index contributed by atoms with van der Waals surface area (Å²) in [6.07, 6.45) is 4.00. The van der Waals surface area contributed by atoms with Gasteiger partial charge < -0.3 is 5.32 Å². The van der Waals surface area contributed by atoms with Crippen LogP contribution in [0.25, 0.3) is 5.69 Å². The van der Waals surface area contributed by atoms with Gasteiger partial charge in [0.2, 0.25) is 0 Å². The molecule has 0 spiro atoms. The zero-order valence-corrected chi connectivity index (χ0v) is 13.0. The molecule has 3 rings (SSSR count). The van der Waals surface area contributed by atoms with Crippen LogP contribution in [0.15, 0.2) is 18.2 Å². The van der Waals surface area contributed by atoms with Crippen LogP contribution in [0.1, 0.15) is 37.9 Å². The molecule has 1 aromatic carbocycles. The summed E-state index contributed by atoms with van der Waals surface area (Å²) in [5, 5.41) is 7.99. The molecular weight excluding hydrogens is 284 g/mol. The minimum Gasteiger partial charge on any atom is -0.370 e. The lowest BCUT2D eigenvalue weighted by Gasteiger charge is -2.10. The van der Waals surface area contributed by atoms with Crippen molar-refractivity contribution in [1.82, 2.24) is 9.78 Å². The van der Waals surface area contributed by atoms with Gasteiger partial charge in [0.15, 0.2) is 5.82 Å². The fourth-order valence-electron chi connectivity index (χ4n) is 2.95. The summed E-state index contributed by atoms with van der Waals surface area (Å²) in [6, 6.07) is 3.62. The summed E-state index contributed by atoms with van der Waals surface area (Å²) in [4.78, 5) is 0. The molecule has 2 aromatic rings. The molecule has 0 saturated heterocycles. The molecule has 0 fully saturated rings. The minimum atomic E-state index is -0.590. The molecule has 0 unspecified atom stereocenters. The van der Waals surface area contributed by atoms with E-state index in [4.69, 9.17) is 0 Å². The van der Waals surface area contributed by atoms with Crippen LogP contribution in [-0.4, -0.2) is 16.3 Å². The molecule has 0 bridgehead atoms. The molecule has 3 nitrogen and oxygen atoms in total. The molecule has 0 saturated carbocycles. The lowest BCUT2D eigenvalue weighted by atomic mass is 10.0. The number of fused-ring (bicyclic) bond motifs is 1. The predicted octanol–water partition coefficient (Wildman–Crippen LogP) is 4.10. The number of hydrogen-bond acceptors (Lipinski definition) is 2. The van der Waals surface area contributed by atoms with Gasteiger partial charge in [-0.05, 0) is 43.7 Å². The summed E-state index contributed by atoms with van der Waals surface area (Å²) < 4.78 is 28.9. The Balaban J connectivity index is 2.12. The molecule has 1 aliphatic heterocycles. The van der Waals surface area contributed by atoms with Crippen molar-refractivity contribution in [2.75, 3.05) is 11.9 Å². The van der Waals surface area contributed by atoms with Crippen molar-refractivity contribution in [3.8, 4) is 5.69 Å². The molecule has 0 radical (unpaired) electrons. The third-order valence-corrected chi connectivity index (χ3v) is 3.95. The van der Waals surface area contributed by atoms with Gasteiger partial charge in [0.1, 0.15) is 17.3 Å². The molecule has 1 N–H and O–H groups in total. The van der Waals surface area contributed by atoms with E-state index in [0.717, 1.165) is 49.8 Å². The van der Waals surface area contributed by atoms with E-state index >= 15 is 0 Å². The summed E-state index contributed by atoms with van der Waals surface area (Å²) in [5.41, 5.74) is 2.49. The van der Waals surface area contributed by atoms with Crippen LogP contribution in [0.4, 0.5) is 14.6 Å². The van der Waals surface area contributed by atoms with Gasteiger partial charge in [-0.2, -0.15) is 5.10 Å². The zero-order chi connectivity index (χ0) is 15.7. The first-order valence-corrected chi connectivity index (χ1v) is 7.86. The summed E-state index contributed by atoms with van der Waals surface area (Å²) in [5.74, 6) is 0.176. The van der Waals surface area contributed by atoms with E-state index in [1.165, 1.54) is 17.7 Å². The monoisotopic (exact) mass is 305 g/mol. The van der Waals surface area contributed by atoms with Crippen LogP contribution in [0, 0.1) is 17.6 Å². The fraction of sp³-hybridized carbons (Fsp3) is 0.471. The third kappa shape index (κ3) is 2.85. The second kappa shape index (κ2) is 6.07. The van der Waals surface area contributed by atoms with Gasteiger partial charge in [-0.25, -0.2) is 13.5 Å². The highest BCUT2D eigenvalue weighted by Gasteiger charge is 2.22. The van der Waals surface area contributed by atoms with Gasteiger partial charge in [-0.1, -0.05) is 13.8 Å². The maximum atomic E-state index is 14.2. The normalized spacial score (nSPS) is 14.6. The number of aromatic nitrogens is 2. The highest BCUT2D eigenvalue weighted by Crippen LogP contribution is 2.30. The Kier molecular flexibility index (Phi) is 4.14. The number of anilines is 1.